The summed E-state index contributed by atoms with van der Waals surface area (Å²) in [5, 5.41) is 14.8. The van der Waals surface area contributed by atoms with Crippen molar-refractivity contribution >= 4 is 5.57 Å². The third-order valence-electron chi connectivity index (χ3n) is 4.49. The monoisotopic (exact) mass is 372 g/mol. The van der Waals surface area contributed by atoms with Crippen molar-refractivity contribution in [1.82, 2.24) is 9.78 Å². The molecule has 3 rings (SSSR count). The molecule has 2 aromatic rings. The number of aliphatic hydroxyl groups is 1. The highest BCUT2D eigenvalue weighted by molar-refractivity contribution is 5.75. The van der Waals surface area contributed by atoms with Crippen molar-refractivity contribution in [2.24, 2.45) is 0 Å². The molecule has 7 heteroatoms. The highest BCUT2D eigenvalue weighted by atomic mass is 16.5. The van der Waals surface area contributed by atoms with Gasteiger partial charge in [0.25, 0.3) is 0 Å². The van der Waals surface area contributed by atoms with Crippen LogP contribution in [0.15, 0.2) is 36.1 Å². The number of rotatable bonds is 6. The first-order valence-corrected chi connectivity index (χ1v) is 8.53. The molecule has 1 N–H and O–H groups in total. The van der Waals surface area contributed by atoms with E-state index in [1.54, 1.807) is 39.2 Å². The lowest BCUT2D eigenvalue weighted by Gasteiger charge is -2.19. The lowest BCUT2D eigenvalue weighted by atomic mass is 10.0. The largest absolute Gasteiger partial charge is 0.510 e. The van der Waals surface area contributed by atoms with E-state index in [-0.39, 0.29) is 11.9 Å². The summed E-state index contributed by atoms with van der Waals surface area (Å²) < 4.78 is 23.3. The van der Waals surface area contributed by atoms with E-state index in [2.05, 4.69) is 5.10 Å². The molecule has 1 aliphatic carbocycles. The van der Waals surface area contributed by atoms with E-state index in [1.165, 1.54) is 0 Å². The van der Waals surface area contributed by atoms with Crippen LogP contribution in [0.2, 0.25) is 0 Å². The van der Waals surface area contributed by atoms with E-state index < -0.39 is 0 Å². The summed E-state index contributed by atoms with van der Waals surface area (Å²) in [6.45, 7) is 1.92. The number of aliphatic hydroxyl groups excluding tert-OH is 1. The summed E-state index contributed by atoms with van der Waals surface area (Å²) in [6, 6.07) is 5.64. The summed E-state index contributed by atoms with van der Waals surface area (Å²) in [4.78, 5) is 0. The maximum Gasteiger partial charge on any atom is 0.203 e. The molecular weight excluding hydrogens is 348 g/mol. The van der Waals surface area contributed by atoms with Gasteiger partial charge in [0, 0.05) is 19.2 Å². The van der Waals surface area contributed by atoms with Crippen LogP contribution < -0.4 is 14.2 Å². The Hall–Kier alpha value is -2.93. The van der Waals surface area contributed by atoms with E-state index in [1.807, 2.05) is 31.2 Å². The highest BCUT2D eigenvalue weighted by Crippen LogP contribution is 2.40. The van der Waals surface area contributed by atoms with Gasteiger partial charge in [-0.15, -0.1) is 0 Å². The van der Waals surface area contributed by atoms with Gasteiger partial charge in [0.2, 0.25) is 5.75 Å². The third-order valence-corrected chi connectivity index (χ3v) is 4.49. The van der Waals surface area contributed by atoms with Crippen molar-refractivity contribution in [1.29, 1.82) is 0 Å². The molecule has 1 atom stereocenters. The SMILES string of the molecule is COc1cc(-n2nc(C)cc2C2=CCC(OC)C(O)=C2)cc(OC)c1OC. The van der Waals surface area contributed by atoms with Crippen LogP contribution in [0.3, 0.4) is 0 Å². The van der Waals surface area contributed by atoms with Crippen molar-refractivity contribution in [3.8, 4) is 22.9 Å². The van der Waals surface area contributed by atoms with Gasteiger partial charge < -0.3 is 24.1 Å². The third kappa shape index (κ3) is 3.50. The molecule has 1 unspecified atom stereocenters. The molecule has 1 aliphatic rings. The maximum atomic E-state index is 10.2. The van der Waals surface area contributed by atoms with Crippen LogP contribution in [0.25, 0.3) is 11.3 Å². The van der Waals surface area contributed by atoms with Crippen molar-refractivity contribution < 1.29 is 24.1 Å². The molecule has 27 heavy (non-hydrogen) atoms. The van der Waals surface area contributed by atoms with Gasteiger partial charge in [0.15, 0.2) is 11.5 Å². The van der Waals surface area contributed by atoms with E-state index in [0.29, 0.717) is 23.7 Å². The number of aromatic nitrogens is 2. The molecule has 0 saturated carbocycles. The van der Waals surface area contributed by atoms with Gasteiger partial charge in [-0.1, -0.05) is 6.08 Å². The molecular formula is C20H24N2O5. The molecule has 0 fully saturated rings. The first-order chi connectivity index (χ1) is 13.0. The fourth-order valence-corrected chi connectivity index (χ4v) is 3.15. The van der Waals surface area contributed by atoms with E-state index in [9.17, 15) is 5.11 Å². The second-order valence-corrected chi connectivity index (χ2v) is 6.16. The zero-order valence-corrected chi connectivity index (χ0v) is 16.1. The number of aryl methyl sites for hydroxylation is 1. The van der Waals surface area contributed by atoms with Crippen molar-refractivity contribution in [3.63, 3.8) is 0 Å². The lowest BCUT2D eigenvalue weighted by Crippen LogP contribution is -2.16. The minimum atomic E-state index is -0.313. The summed E-state index contributed by atoms with van der Waals surface area (Å²) in [5.41, 5.74) is 3.33. The number of methoxy groups -OCH3 is 4. The Balaban J connectivity index is 2.11. The molecule has 0 radical (unpaired) electrons. The highest BCUT2D eigenvalue weighted by Gasteiger charge is 2.21. The predicted molar refractivity (Wildman–Crippen MR) is 102 cm³/mol. The van der Waals surface area contributed by atoms with Gasteiger partial charge in [0.1, 0.15) is 11.9 Å². The van der Waals surface area contributed by atoms with Crippen LogP contribution in [0.1, 0.15) is 17.8 Å². The zero-order valence-electron chi connectivity index (χ0n) is 16.1. The normalized spacial score (nSPS) is 16.6. The lowest BCUT2D eigenvalue weighted by molar-refractivity contribution is 0.0946. The van der Waals surface area contributed by atoms with Crippen molar-refractivity contribution in [2.75, 3.05) is 28.4 Å². The molecule has 0 spiro atoms. The average molecular weight is 372 g/mol. The average Bonchev–Trinajstić information content (AvgIpc) is 3.08. The first kappa shape index (κ1) is 18.8. The maximum absolute atomic E-state index is 10.2. The van der Waals surface area contributed by atoms with Gasteiger partial charge in [-0.25, -0.2) is 4.68 Å². The van der Waals surface area contributed by atoms with Gasteiger partial charge in [0.05, 0.1) is 38.4 Å². The number of allylic oxidation sites excluding steroid dienone is 2. The minimum absolute atomic E-state index is 0.199. The van der Waals surface area contributed by atoms with Gasteiger partial charge >= 0.3 is 0 Å². The van der Waals surface area contributed by atoms with Crippen molar-refractivity contribution in [3.05, 3.63) is 47.5 Å². The fraction of sp³-hybridized carbons (Fsp3) is 0.350. The Morgan fingerprint density at radius 3 is 2.22 bits per heavy atom. The molecule has 144 valence electrons. The summed E-state index contributed by atoms with van der Waals surface area (Å²) in [5.74, 6) is 1.81. The molecule has 0 aliphatic heterocycles. The van der Waals surface area contributed by atoms with Crippen molar-refractivity contribution in [2.45, 2.75) is 19.4 Å². The summed E-state index contributed by atoms with van der Waals surface area (Å²) >= 11 is 0. The Morgan fingerprint density at radius 2 is 1.70 bits per heavy atom. The molecule has 1 aromatic heterocycles. The predicted octanol–water partition coefficient (Wildman–Crippen LogP) is 3.45. The smallest absolute Gasteiger partial charge is 0.203 e. The number of hydrogen-bond donors (Lipinski definition) is 1. The number of benzene rings is 1. The van der Waals surface area contributed by atoms with Gasteiger partial charge in [-0.3, -0.25) is 0 Å². The van der Waals surface area contributed by atoms with E-state index in [4.69, 9.17) is 18.9 Å². The molecule has 1 aromatic carbocycles. The molecule has 0 amide bonds. The molecule has 7 nitrogen and oxygen atoms in total. The summed E-state index contributed by atoms with van der Waals surface area (Å²) in [6.07, 6.45) is 4.02. The van der Waals surface area contributed by atoms with Gasteiger partial charge in [-0.2, -0.15) is 5.10 Å². The second-order valence-electron chi connectivity index (χ2n) is 6.16. The molecule has 0 saturated heterocycles. The van der Waals surface area contributed by atoms with E-state index in [0.717, 1.165) is 22.6 Å². The van der Waals surface area contributed by atoms with Crippen LogP contribution >= 0.6 is 0 Å². The van der Waals surface area contributed by atoms with Gasteiger partial charge in [-0.05, 0) is 31.1 Å². The summed E-state index contributed by atoms with van der Waals surface area (Å²) in [7, 11) is 6.30. The van der Waals surface area contributed by atoms with Crippen LogP contribution in [-0.2, 0) is 4.74 Å². The van der Waals surface area contributed by atoms with Crippen LogP contribution in [0, 0.1) is 6.92 Å². The Morgan fingerprint density at radius 1 is 1.04 bits per heavy atom. The Bertz CT molecular complexity index is 873. The quantitative estimate of drug-likeness (QED) is 0.837. The topological polar surface area (TPSA) is 75.0 Å². The Kier molecular flexibility index (Phi) is 5.41. The number of nitrogens with zero attached hydrogens (tertiary/aromatic N) is 2. The first-order valence-electron chi connectivity index (χ1n) is 8.53. The fourth-order valence-electron chi connectivity index (χ4n) is 3.15. The molecule has 0 bridgehead atoms. The second kappa shape index (κ2) is 7.75. The standard InChI is InChI=1S/C20H24N2O5/c1-12-8-15(13-6-7-17(24-2)16(23)9-13)22(21-12)14-10-18(25-3)20(27-5)19(11-14)26-4/h6,8-11,17,23H,7H2,1-5H3. The number of ether oxygens (including phenoxy) is 4. The minimum Gasteiger partial charge on any atom is -0.510 e. The van der Waals surface area contributed by atoms with Crippen LogP contribution in [-0.4, -0.2) is 49.4 Å². The van der Waals surface area contributed by atoms with Crippen LogP contribution in [0.4, 0.5) is 0 Å². The zero-order chi connectivity index (χ0) is 19.6. The Labute approximate surface area is 158 Å². The van der Waals surface area contributed by atoms with Crippen LogP contribution in [0.5, 0.6) is 17.2 Å². The molecule has 1 heterocycles. The van der Waals surface area contributed by atoms with E-state index >= 15 is 0 Å². The number of hydrogen-bond acceptors (Lipinski definition) is 6.